The number of amides is 1. The molecule has 0 aliphatic heterocycles. The molecule has 0 radical (unpaired) electrons. The van der Waals surface area contributed by atoms with Gasteiger partial charge in [0.25, 0.3) is 5.91 Å². The van der Waals surface area contributed by atoms with Crippen LogP contribution in [0.4, 0.5) is 0 Å². The summed E-state index contributed by atoms with van der Waals surface area (Å²) in [6.07, 6.45) is 1.61. The molecule has 88 valence electrons. The van der Waals surface area contributed by atoms with Gasteiger partial charge >= 0.3 is 5.97 Å². The Bertz CT molecular complexity index is 401. The van der Waals surface area contributed by atoms with E-state index in [0.29, 0.717) is 5.69 Å². The number of carbonyl (C=O) groups excluding carboxylic acids is 1. The van der Waals surface area contributed by atoms with Crippen molar-refractivity contribution in [2.24, 2.45) is 5.92 Å². The predicted octanol–water partition coefficient (Wildman–Crippen LogP) is 1.62. The first kappa shape index (κ1) is 12.8. The molecule has 3 N–H and O–H groups in total. The first-order chi connectivity index (χ1) is 7.41. The summed E-state index contributed by atoms with van der Waals surface area (Å²) in [5.74, 6) is -1.62. The molecule has 0 fully saturated rings. The molecule has 1 rings (SSSR count). The van der Waals surface area contributed by atoms with Gasteiger partial charge in [-0.25, -0.2) is 4.79 Å². The van der Waals surface area contributed by atoms with E-state index in [1.54, 1.807) is 26.1 Å². The van der Waals surface area contributed by atoms with Crippen LogP contribution in [0.15, 0.2) is 16.7 Å². The first-order valence-corrected chi connectivity index (χ1v) is 5.58. The lowest BCUT2D eigenvalue weighted by Gasteiger charge is -2.17. The number of aliphatic carboxylic acids is 1. The van der Waals surface area contributed by atoms with Crippen molar-refractivity contribution in [1.82, 2.24) is 10.3 Å². The minimum Gasteiger partial charge on any atom is -0.480 e. The highest BCUT2D eigenvalue weighted by Gasteiger charge is 2.24. The van der Waals surface area contributed by atoms with Crippen molar-refractivity contribution in [2.75, 3.05) is 0 Å². The molecule has 1 aromatic heterocycles. The predicted molar refractivity (Wildman–Crippen MR) is 62.2 cm³/mol. The van der Waals surface area contributed by atoms with Crippen molar-refractivity contribution in [3.63, 3.8) is 0 Å². The number of carboxylic acids is 1. The Morgan fingerprint density at radius 1 is 1.50 bits per heavy atom. The van der Waals surface area contributed by atoms with Gasteiger partial charge < -0.3 is 15.4 Å². The van der Waals surface area contributed by atoms with E-state index in [9.17, 15) is 9.59 Å². The lowest BCUT2D eigenvalue weighted by Crippen LogP contribution is -2.44. The van der Waals surface area contributed by atoms with E-state index in [1.807, 2.05) is 0 Å². The highest BCUT2D eigenvalue weighted by molar-refractivity contribution is 9.10. The van der Waals surface area contributed by atoms with Crippen molar-refractivity contribution in [3.8, 4) is 0 Å². The van der Waals surface area contributed by atoms with Gasteiger partial charge in [-0.05, 0) is 27.9 Å². The van der Waals surface area contributed by atoms with E-state index in [2.05, 4.69) is 26.2 Å². The van der Waals surface area contributed by atoms with Crippen molar-refractivity contribution < 1.29 is 14.7 Å². The van der Waals surface area contributed by atoms with Crippen LogP contribution in [0.3, 0.4) is 0 Å². The van der Waals surface area contributed by atoms with Crippen molar-refractivity contribution in [1.29, 1.82) is 0 Å². The molecule has 0 bridgehead atoms. The maximum atomic E-state index is 11.7. The number of rotatable bonds is 4. The largest absolute Gasteiger partial charge is 0.480 e. The summed E-state index contributed by atoms with van der Waals surface area (Å²) in [7, 11) is 0. The van der Waals surface area contributed by atoms with Gasteiger partial charge in [0.15, 0.2) is 0 Å². The number of aromatic amines is 1. The summed E-state index contributed by atoms with van der Waals surface area (Å²) in [6.45, 7) is 3.48. The van der Waals surface area contributed by atoms with Gasteiger partial charge in [0.2, 0.25) is 0 Å². The van der Waals surface area contributed by atoms with Crippen LogP contribution >= 0.6 is 15.9 Å². The average Bonchev–Trinajstić information content (AvgIpc) is 2.59. The van der Waals surface area contributed by atoms with Crippen LogP contribution in [0.2, 0.25) is 0 Å². The minimum absolute atomic E-state index is 0.167. The second-order valence-corrected chi connectivity index (χ2v) is 4.68. The smallest absolute Gasteiger partial charge is 0.326 e. The summed E-state index contributed by atoms with van der Waals surface area (Å²) in [6, 6.07) is 0.712. The molecule has 0 saturated heterocycles. The summed E-state index contributed by atoms with van der Waals surface area (Å²) in [5.41, 5.74) is 0.332. The molecule has 0 spiro atoms. The Balaban J connectivity index is 2.73. The molecule has 16 heavy (non-hydrogen) atoms. The van der Waals surface area contributed by atoms with Gasteiger partial charge in [-0.2, -0.15) is 0 Å². The third kappa shape index (κ3) is 3.10. The zero-order valence-corrected chi connectivity index (χ0v) is 10.5. The van der Waals surface area contributed by atoms with Crippen LogP contribution in [0.5, 0.6) is 0 Å². The molecule has 6 heteroatoms. The Labute approximate surface area is 101 Å². The summed E-state index contributed by atoms with van der Waals surface area (Å²) in [5, 5.41) is 11.4. The third-order valence-corrected chi connectivity index (χ3v) is 2.57. The van der Waals surface area contributed by atoms with E-state index < -0.39 is 17.9 Å². The molecule has 1 heterocycles. The highest BCUT2D eigenvalue weighted by atomic mass is 79.9. The quantitative estimate of drug-likeness (QED) is 0.787. The number of halogens is 1. The molecule has 1 atom stereocenters. The lowest BCUT2D eigenvalue weighted by atomic mass is 10.0. The fraction of sp³-hybridized carbons (Fsp3) is 0.400. The SMILES string of the molecule is CC(C)[C@H](NC(=O)c1cc(Br)c[nH]1)C(=O)O. The third-order valence-electron chi connectivity index (χ3n) is 2.11. The molecular formula is C10H13BrN2O3. The van der Waals surface area contributed by atoms with Gasteiger partial charge in [0.05, 0.1) is 0 Å². The molecule has 1 amide bonds. The average molecular weight is 289 g/mol. The van der Waals surface area contributed by atoms with Crippen molar-refractivity contribution in [2.45, 2.75) is 19.9 Å². The second kappa shape index (κ2) is 5.16. The molecule has 0 aromatic carbocycles. The minimum atomic E-state index is -1.03. The summed E-state index contributed by atoms with van der Waals surface area (Å²) in [4.78, 5) is 25.3. The zero-order valence-electron chi connectivity index (χ0n) is 8.95. The lowest BCUT2D eigenvalue weighted by molar-refractivity contribution is -0.140. The normalized spacial score (nSPS) is 12.5. The number of carbonyl (C=O) groups is 2. The molecule has 5 nitrogen and oxygen atoms in total. The van der Waals surface area contributed by atoms with Gasteiger partial charge in [-0.1, -0.05) is 13.8 Å². The number of aromatic nitrogens is 1. The van der Waals surface area contributed by atoms with Gasteiger partial charge in [0.1, 0.15) is 11.7 Å². The number of hydrogen-bond acceptors (Lipinski definition) is 2. The molecule has 0 aliphatic carbocycles. The topological polar surface area (TPSA) is 82.2 Å². The van der Waals surface area contributed by atoms with Crippen LogP contribution in [-0.2, 0) is 4.79 Å². The van der Waals surface area contributed by atoms with Crippen molar-refractivity contribution in [3.05, 3.63) is 22.4 Å². The number of H-pyrrole nitrogens is 1. The summed E-state index contributed by atoms with van der Waals surface area (Å²) < 4.78 is 0.745. The number of nitrogens with one attached hydrogen (secondary N) is 2. The van der Waals surface area contributed by atoms with Crippen molar-refractivity contribution >= 4 is 27.8 Å². The Hall–Kier alpha value is -1.30. The van der Waals surface area contributed by atoms with Gasteiger partial charge in [0, 0.05) is 10.7 Å². The maximum Gasteiger partial charge on any atom is 0.326 e. The van der Waals surface area contributed by atoms with E-state index in [1.165, 1.54) is 0 Å². The molecular weight excluding hydrogens is 276 g/mol. The fourth-order valence-corrected chi connectivity index (χ4v) is 1.57. The van der Waals surface area contributed by atoms with Crippen LogP contribution in [0.25, 0.3) is 0 Å². The molecule has 1 aromatic rings. The highest BCUT2D eigenvalue weighted by Crippen LogP contribution is 2.11. The molecule has 0 unspecified atom stereocenters. The van der Waals surface area contributed by atoms with Gasteiger partial charge in [-0.15, -0.1) is 0 Å². The number of carboxylic acid groups (broad SMARTS) is 1. The fourth-order valence-electron chi connectivity index (χ4n) is 1.23. The monoisotopic (exact) mass is 288 g/mol. The first-order valence-electron chi connectivity index (χ1n) is 4.79. The van der Waals surface area contributed by atoms with E-state index in [4.69, 9.17) is 5.11 Å². The van der Waals surface area contributed by atoms with Gasteiger partial charge in [-0.3, -0.25) is 4.79 Å². The molecule has 0 saturated carbocycles. The number of hydrogen-bond donors (Lipinski definition) is 3. The Morgan fingerprint density at radius 3 is 2.50 bits per heavy atom. The van der Waals surface area contributed by atoms with E-state index >= 15 is 0 Å². The zero-order chi connectivity index (χ0) is 12.3. The Morgan fingerprint density at radius 2 is 2.12 bits per heavy atom. The van der Waals surface area contributed by atoms with Crippen LogP contribution in [-0.4, -0.2) is 28.0 Å². The maximum absolute atomic E-state index is 11.7. The van der Waals surface area contributed by atoms with Crippen LogP contribution < -0.4 is 5.32 Å². The Kier molecular flexibility index (Phi) is 4.12. The second-order valence-electron chi connectivity index (χ2n) is 3.76. The molecule has 0 aliphatic rings. The van der Waals surface area contributed by atoms with E-state index in [-0.39, 0.29) is 5.92 Å². The standard InChI is InChI=1S/C10H13BrN2O3/c1-5(2)8(10(15)16)13-9(14)7-3-6(11)4-12-7/h3-5,8,12H,1-2H3,(H,13,14)(H,15,16)/t8-/m0/s1. The summed E-state index contributed by atoms with van der Waals surface area (Å²) >= 11 is 3.20. The van der Waals surface area contributed by atoms with Crippen LogP contribution in [0, 0.1) is 5.92 Å². The van der Waals surface area contributed by atoms with E-state index in [0.717, 1.165) is 4.47 Å². The van der Waals surface area contributed by atoms with Crippen LogP contribution in [0.1, 0.15) is 24.3 Å².